The van der Waals surface area contributed by atoms with E-state index in [2.05, 4.69) is 5.10 Å². The molecule has 0 bridgehead atoms. The molecule has 9 nitrogen and oxygen atoms in total. The molecule has 0 amide bonds. The van der Waals surface area contributed by atoms with Crippen LogP contribution < -0.4 is 20.9 Å². The zero-order chi connectivity index (χ0) is 23.8. The Kier molecular flexibility index (Phi) is 6.62. The van der Waals surface area contributed by atoms with E-state index in [-0.39, 0.29) is 23.2 Å². The van der Waals surface area contributed by atoms with E-state index in [0.717, 1.165) is 36.4 Å². The van der Waals surface area contributed by atoms with Gasteiger partial charge in [0.1, 0.15) is 11.5 Å². The summed E-state index contributed by atoms with van der Waals surface area (Å²) in [5.41, 5.74) is 5.85. The molecular weight excluding hydrogens is 449 g/mol. The predicted molar refractivity (Wildman–Crippen MR) is 125 cm³/mol. The van der Waals surface area contributed by atoms with Crippen LogP contribution in [0.3, 0.4) is 0 Å². The molecule has 2 fully saturated rings. The van der Waals surface area contributed by atoms with E-state index >= 15 is 0 Å². The molecule has 2 aliphatic rings. The summed E-state index contributed by atoms with van der Waals surface area (Å²) >= 11 is 0. The Hall–Kier alpha value is -2.66. The lowest BCUT2D eigenvalue weighted by Gasteiger charge is -2.36. The highest BCUT2D eigenvalue weighted by Gasteiger charge is 2.32. The van der Waals surface area contributed by atoms with Crippen LogP contribution in [0.25, 0.3) is 5.69 Å². The fourth-order valence-electron chi connectivity index (χ4n) is 4.25. The average Bonchev–Trinajstić information content (AvgIpc) is 3.30. The Balaban J connectivity index is 1.67. The highest BCUT2D eigenvalue weighted by Crippen LogP contribution is 2.30. The smallest absolute Gasteiger partial charge is 0.316 e. The molecular formula is C22H30FN5O4S. The molecule has 1 aromatic heterocycles. The maximum absolute atomic E-state index is 14.0. The van der Waals surface area contributed by atoms with Gasteiger partial charge >= 0.3 is 5.56 Å². The van der Waals surface area contributed by atoms with Crippen molar-refractivity contribution in [3.63, 3.8) is 0 Å². The van der Waals surface area contributed by atoms with Gasteiger partial charge in [-0.3, -0.25) is 4.79 Å². The largest absolute Gasteiger partial charge is 0.483 e. The van der Waals surface area contributed by atoms with Gasteiger partial charge in [-0.25, -0.2) is 12.8 Å². The van der Waals surface area contributed by atoms with Gasteiger partial charge in [0, 0.05) is 32.2 Å². The maximum atomic E-state index is 14.0. The summed E-state index contributed by atoms with van der Waals surface area (Å²) in [6.07, 6.45) is 5.25. The lowest BCUT2D eigenvalue weighted by Crippen LogP contribution is -2.50. The number of nitrogens with two attached hydrogens (primary N) is 1. The van der Waals surface area contributed by atoms with Gasteiger partial charge in [0.2, 0.25) is 15.8 Å². The zero-order valence-corrected chi connectivity index (χ0v) is 19.7. The molecule has 2 heterocycles. The molecule has 1 aliphatic carbocycles. The van der Waals surface area contributed by atoms with Crippen LogP contribution in [0.1, 0.15) is 39.5 Å². The van der Waals surface area contributed by atoms with Gasteiger partial charge < -0.3 is 15.4 Å². The first-order valence-electron chi connectivity index (χ1n) is 11.3. The molecule has 1 aliphatic heterocycles. The number of ether oxygens (including phenoxy) is 1. The van der Waals surface area contributed by atoms with Crippen molar-refractivity contribution in [2.45, 2.75) is 50.9 Å². The monoisotopic (exact) mass is 479 g/mol. The van der Waals surface area contributed by atoms with Crippen molar-refractivity contribution in [3.8, 4) is 11.4 Å². The third kappa shape index (κ3) is 4.70. The van der Waals surface area contributed by atoms with Gasteiger partial charge in [-0.2, -0.15) is 14.1 Å². The molecule has 1 saturated carbocycles. The van der Waals surface area contributed by atoms with Crippen LogP contribution in [0, 0.1) is 5.82 Å². The van der Waals surface area contributed by atoms with Crippen molar-refractivity contribution >= 4 is 21.4 Å². The minimum Gasteiger partial charge on any atom is -0.483 e. The van der Waals surface area contributed by atoms with Crippen LogP contribution in [0.4, 0.5) is 15.8 Å². The first-order valence-corrected chi connectivity index (χ1v) is 12.8. The molecule has 0 spiro atoms. The number of hydrogen-bond donors (Lipinski definition) is 1. The fraction of sp³-hybridized carbons (Fsp3) is 0.545. The zero-order valence-electron chi connectivity index (χ0n) is 18.9. The van der Waals surface area contributed by atoms with Crippen LogP contribution in [-0.4, -0.2) is 60.0 Å². The Bertz CT molecular complexity index is 1170. The molecule has 33 heavy (non-hydrogen) atoms. The molecule has 1 saturated heterocycles. The highest BCUT2D eigenvalue weighted by atomic mass is 32.2. The highest BCUT2D eigenvalue weighted by molar-refractivity contribution is 7.89. The van der Waals surface area contributed by atoms with E-state index in [1.165, 1.54) is 22.6 Å². The van der Waals surface area contributed by atoms with Crippen molar-refractivity contribution in [2.75, 3.05) is 36.8 Å². The Morgan fingerprint density at radius 3 is 2.42 bits per heavy atom. The standard InChI is InChI=1S/C22H30FN5O4S/c1-15(2)33(30,31)27-11-9-26(10-12-27)20-14-25-28(16-7-8-19(24)18(23)13-16)22(29)21(20)32-17-5-3-4-6-17/h7-8,13-15,17H,3-6,9-12,24H2,1-2H3. The first kappa shape index (κ1) is 23.5. The third-order valence-corrected chi connectivity index (χ3v) is 8.54. The summed E-state index contributed by atoms with van der Waals surface area (Å²) in [5.74, 6) is -0.472. The first-order chi connectivity index (χ1) is 15.7. The predicted octanol–water partition coefficient (Wildman–Crippen LogP) is 2.14. The number of nitrogen functional groups attached to an aromatic ring is 1. The Morgan fingerprint density at radius 1 is 1.15 bits per heavy atom. The number of benzene rings is 1. The van der Waals surface area contributed by atoms with E-state index in [1.54, 1.807) is 13.8 Å². The molecule has 0 atom stereocenters. The lowest BCUT2D eigenvalue weighted by molar-refractivity contribution is 0.205. The second kappa shape index (κ2) is 9.30. The van der Waals surface area contributed by atoms with Gasteiger partial charge in [0.25, 0.3) is 0 Å². The summed E-state index contributed by atoms with van der Waals surface area (Å²) in [6.45, 7) is 4.78. The summed E-state index contributed by atoms with van der Waals surface area (Å²) < 4.78 is 47.8. The molecule has 4 rings (SSSR count). The Labute approximate surface area is 193 Å². The third-order valence-electron chi connectivity index (χ3n) is 6.26. The second-order valence-electron chi connectivity index (χ2n) is 8.79. The number of anilines is 2. The van der Waals surface area contributed by atoms with Crippen LogP contribution in [0.2, 0.25) is 0 Å². The molecule has 11 heteroatoms. The molecule has 1 aromatic carbocycles. The molecule has 180 valence electrons. The van der Waals surface area contributed by atoms with E-state index in [0.29, 0.717) is 31.9 Å². The van der Waals surface area contributed by atoms with Crippen LogP contribution in [0.15, 0.2) is 29.2 Å². The molecule has 2 N–H and O–H groups in total. The van der Waals surface area contributed by atoms with Gasteiger partial charge in [-0.1, -0.05) is 0 Å². The normalized spacial score (nSPS) is 18.2. The summed E-state index contributed by atoms with van der Waals surface area (Å²) in [4.78, 5) is 15.3. The topological polar surface area (TPSA) is 111 Å². The molecule has 2 aromatic rings. The number of aromatic nitrogens is 2. The minimum absolute atomic E-state index is 0.0138. The number of halogens is 1. The van der Waals surface area contributed by atoms with Crippen molar-refractivity contribution in [1.82, 2.24) is 14.1 Å². The quantitative estimate of drug-likeness (QED) is 0.632. The fourth-order valence-corrected chi connectivity index (χ4v) is 5.52. The SMILES string of the molecule is CC(C)S(=O)(=O)N1CCN(c2cnn(-c3ccc(N)c(F)c3)c(=O)c2OC2CCCC2)CC1. The summed E-state index contributed by atoms with van der Waals surface area (Å²) in [7, 11) is -3.34. The number of nitrogens with zero attached hydrogens (tertiary/aromatic N) is 4. The van der Waals surface area contributed by atoms with Gasteiger partial charge in [0.05, 0.1) is 28.9 Å². The van der Waals surface area contributed by atoms with E-state index in [9.17, 15) is 17.6 Å². The summed E-state index contributed by atoms with van der Waals surface area (Å²) in [5, 5.41) is 3.78. The van der Waals surface area contributed by atoms with Crippen molar-refractivity contribution in [2.24, 2.45) is 0 Å². The van der Waals surface area contributed by atoms with Gasteiger partial charge in [0.15, 0.2) is 0 Å². The van der Waals surface area contributed by atoms with E-state index in [1.807, 2.05) is 4.90 Å². The van der Waals surface area contributed by atoms with Crippen LogP contribution in [0.5, 0.6) is 5.75 Å². The van der Waals surface area contributed by atoms with Crippen LogP contribution >= 0.6 is 0 Å². The minimum atomic E-state index is -3.34. The molecule has 0 radical (unpaired) electrons. The average molecular weight is 480 g/mol. The van der Waals surface area contributed by atoms with Crippen LogP contribution in [-0.2, 0) is 10.0 Å². The van der Waals surface area contributed by atoms with E-state index in [4.69, 9.17) is 10.5 Å². The number of sulfonamides is 1. The summed E-state index contributed by atoms with van der Waals surface area (Å²) in [6, 6.07) is 4.08. The molecule has 0 unspecified atom stereocenters. The van der Waals surface area contributed by atoms with Crippen molar-refractivity contribution in [3.05, 3.63) is 40.6 Å². The second-order valence-corrected chi connectivity index (χ2v) is 11.3. The Morgan fingerprint density at radius 2 is 1.82 bits per heavy atom. The number of piperazine rings is 1. The van der Waals surface area contributed by atoms with Gasteiger partial charge in [-0.05, 0) is 51.7 Å². The number of hydrogen-bond acceptors (Lipinski definition) is 7. The van der Waals surface area contributed by atoms with E-state index < -0.39 is 26.6 Å². The van der Waals surface area contributed by atoms with Crippen molar-refractivity contribution < 1.29 is 17.5 Å². The number of rotatable bonds is 6. The maximum Gasteiger partial charge on any atom is 0.316 e. The van der Waals surface area contributed by atoms with Crippen molar-refractivity contribution in [1.29, 1.82) is 0 Å². The van der Waals surface area contributed by atoms with Gasteiger partial charge in [-0.15, -0.1) is 0 Å². The lowest BCUT2D eigenvalue weighted by atomic mass is 10.2.